The van der Waals surface area contributed by atoms with Gasteiger partial charge in [0.1, 0.15) is 5.82 Å². The van der Waals surface area contributed by atoms with Crippen molar-refractivity contribution in [1.29, 1.82) is 0 Å². The second kappa shape index (κ2) is 6.94. The van der Waals surface area contributed by atoms with Crippen molar-refractivity contribution in [2.75, 3.05) is 13.1 Å². The van der Waals surface area contributed by atoms with Gasteiger partial charge in [-0.05, 0) is 36.6 Å². The van der Waals surface area contributed by atoms with Crippen molar-refractivity contribution in [1.82, 2.24) is 5.32 Å². The smallest absolute Gasteiger partial charge is 0.141 e. The summed E-state index contributed by atoms with van der Waals surface area (Å²) in [6, 6.07) is 4.53. The van der Waals surface area contributed by atoms with Crippen molar-refractivity contribution >= 4 is 11.6 Å². The summed E-state index contributed by atoms with van der Waals surface area (Å²) in [5.74, 6) is 0.130. The molecule has 96 valence electrons. The highest BCUT2D eigenvalue weighted by molar-refractivity contribution is 6.30. The minimum atomic E-state index is -0.477. The van der Waals surface area contributed by atoms with Gasteiger partial charge in [0.15, 0.2) is 0 Å². The van der Waals surface area contributed by atoms with E-state index in [1.807, 2.05) is 0 Å². The lowest BCUT2D eigenvalue weighted by Gasteiger charge is -2.13. The van der Waals surface area contributed by atoms with Crippen LogP contribution in [0.15, 0.2) is 18.2 Å². The lowest BCUT2D eigenvalue weighted by atomic mass is 10.1. The Labute approximate surface area is 107 Å². The van der Waals surface area contributed by atoms with Crippen LogP contribution in [0.1, 0.15) is 19.4 Å². The fourth-order valence-corrected chi connectivity index (χ4v) is 1.75. The molecule has 0 radical (unpaired) electrons. The summed E-state index contributed by atoms with van der Waals surface area (Å²) < 4.78 is 12.9. The Hall–Kier alpha value is -0.640. The van der Waals surface area contributed by atoms with Gasteiger partial charge < -0.3 is 10.4 Å². The highest BCUT2D eigenvalue weighted by Gasteiger charge is 2.07. The van der Waals surface area contributed by atoms with Crippen molar-refractivity contribution < 1.29 is 9.50 Å². The van der Waals surface area contributed by atoms with Gasteiger partial charge in [-0.25, -0.2) is 4.39 Å². The van der Waals surface area contributed by atoms with Gasteiger partial charge in [-0.15, -0.1) is 0 Å². The summed E-state index contributed by atoms with van der Waals surface area (Å²) in [4.78, 5) is 0. The highest BCUT2D eigenvalue weighted by atomic mass is 35.5. The fraction of sp³-hybridized carbons (Fsp3) is 0.538. The molecule has 0 saturated carbocycles. The Kier molecular flexibility index (Phi) is 5.89. The van der Waals surface area contributed by atoms with E-state index in [1.54, 1.807) is 12.1 Å². The van der Waals surface area contributed by atoms with Crippen molar-refractivity contribution in [3.8, 4) is 0 Å². The van der Waals surface area contributed by atoms with Gasteiger partial charge in [-0.3, -0.25) is 0 Å². The summed E-state index contributed by atoms with van der Waals surface area (Å²) in [5, 5.41) is 13.1. The maximum Gasteiger partial charge on any atom is 0.141 e. The molecule has 0 aliphatic carbocycles. The molecule has 1 rings (SSSR count). The molecule has 0 fully saturated rings. The normalized spacial score (nSPS) is 13.1. The van der Waals surface area contributed by atoms with Crippen LogP contribution in [0.2, 0.25) is 5.02 Å². The van der Waals surface area contributed by atoms with Gasteiger partial charge in [-0.2, -0.15) is 0 Å². The molecular formula is C13H19ClFNO. The van der Waals surface area contributed by atoms with Gasteiger partial charge in [0.25, 0.3) is 0 Å². The zero-order valence-electron chi connectivity index (χ0n) is 10.2. The Balaban J connectivity index is 2.39. The number of nitrogens with one attached hydrogen (secondary N) is 1. The van der Waals surface area contributed by atoms with E-state index in [0.717, 1.165) is 12.1 Å². The van der Waals surface area contributed by atoms with E-state index >= 15 is 0 Å². The first-order valence-electron chi connectivity index (χ1n) is 5.81. The van der Waals surface area contributed by atoms with Crippen LogP contribution >= 0.6 is 11.6 Å². The first-order valence-corrected chi connectivity index (χ1v) is 6.19. The SMILES string of the molecule is CC(C)CNCC(O)Cc1ccc(F)c(Cl)c1. The van der Waals surface area contributed by atoms with Crippen LogP contribution in [-0.2, 0) is 6.42 Å². The largest absolute Gasteiger partial charge is 0.391 e. The third-order valence-electron chi connectivity index (χ3n) is 2.39. The Morgan fingerprint density at radius 3 is 2.65 bits per heavy atom. The number of benzene rings is 1. The minimum absolute atomic E-state index is 0.102. The number of hydrogen-bond donors (Lipinski definition) is 2. The molecule has 0 spiro atoms. The average Bonchev–Trinajstić information content (AvgIpc) is 2.23. The van der Waals surface area contributed by atoms with E-state index in [1.165, 1.54) is 6.07 Å². The van der Waals surface area contributed by atoms with Gasteiger partial charge in [0.2, 0.25) is 0 Å². The first-order chi connectivity index (χ1) is 7.99. The molecule has 0 heterocycles. The van der Waals surface area contributed by atoms with Crippen molar-refractivity contribution in [3.63, 3.8) is 0 Å². The number of aliphatic hydroxyl groups is 1. The number of hydrogen-bond acceptors (Lipinski definition) is 2. The lowest BCUT2D eigenvalue weighted by molar-refractivity contribution is 0.170. The van der Waals surface area contributed by atoms with E-state index < -0.39 is 11.9 Å². The standard InChI is InChI=1S/C13H19ClFNO/c1-9(2)7-16-8-11(17)5-10-3-4-13(15)12(14)6-10/h3-4,6,9,11,16-17H,5,7-8H2,1-2H3. The van der Waals surface area contributed by atoms with E-state index in [9.17, 15) is 9.50 Å². The molecule has 0 aromatic heterocycles. The predicted molar refractivity (Wildman–Crippen MR) is 68.8 cm³/mol. The second-order valence-electron chi connectivity index (χ2n) is 4.66. The number of halogens is 2. The van der Waals surface area contributed by atoms with Crippen molar-refractivity contribution in [2.24, 2.45) is 5.92 Å². The topological polar surface area (TPSA) is 32.3 Å². The monoisotopic (exact) mass is 259 g/mol. The van der Waals surface area contributed by atoms with Crippen LogP contribution in [0.25, 0.3) is 0 Å². The molecule has 2 N–H and O–H groups in total. The first kappa shape index (κ1) is 14.4. The number of rotatable bonds is 6. The van der Waals surface area contributed by atoms with Crippen LogP contribution in [0.5, 0.6) is 0 Å². The molecule has 1 aromatic carbocycles. The summed E-state index contributed by atoms with van der Waals surface area (Å²) >= 11 is 5.67. The predicted octanol–water partition coefficient (Wildman–Crippen LogP) is 2.63. The van der Waals surface area contributed by atoms with Crippen LogP contribution in [0.4, 0.5) is 4.39 Å². The van der Waals surface area contributed by atoms with E-state index in [2.05, 4.69) is 19.2 Å². The Morgan fingerprint density at radius 2 is 2.06 bits per heavy atom. The second-order valence-corrected chi connectivity index (χ2v) is 5.07. The molecule has 4 heteroatoms. The molecule has 0 aliphatic heterocycles. The summed E-state index contributed by atoms with van der Waals surface area (Å²) in [6.07, 6.45) is 0.000682. The third kappa shape index (κ3) is 5.48. The van der Waals surface area contributed by atoms with Crippen LogP contribution < -0.4 is 5.32 Å². The molecule has 0 saturated heterocycles. The molecule has 17 heavy (non-hydrogen) atoms. The molecule has 0 bridgehead atoms. The quantitative estimate of drug-likeness (QED) is 0.823. The average molecular weight is 260 g/mol. The van der Waals surface area contributed by atoms with Crippen LogP contribution in [0.3, 0.4) is 0 Å². The van der Waals surface area contributed by atoms with Gasteiger partial charge in [-0.1, -0.05) is 31.5 Å². The van der Waals surface area contributed by atoms with E-state index in [-0.39, 0.29) is 5.02 Å². The zero-order valence-corrected chi connectivity index (χ0v) is 11.0. The molecule has 1 atom stereocenters. The lowest BCUT2D eigenvalue weighted by Crippen LogP contribution is -2.30. The molecule has 1 unspecified atom stereocenters. The zero-order chi connectivity index (χ0) is 12.8. The molecule has 2 nitrogen and oxygen atoms in total. The van der Waals surface area contributed by atoms with Crippen molar-refractivity contribution in [3.05, 3.63) is 34.6 Å². The maximum absolute atomic E-state index is 12.9. The van der Waals surface area contributed by atoms with Crippen LogP contribution in [0, 0.1) is 11.7 Å². The van der Waals surface area contributed by atoms with Gasteiger partial charge in [0, 0.05) is 6.54 Å². The highest BCUT2D eigenvalue weighted by Crippen LogP contribution is 2.16. The van der Waals surface area contributed by atoms with Gasteiger partial charge >= 0.3 is 0 Å². The van der Waals surface area contributed by atoms with Gasteiger partial charge in [0.05, 0.1) is 11.1 Å². The minimum Gasteiger partial charge on any atom is -0.391 e. The van der Waals surface area contributed by atoms with Crippen LogP contribution in [-0.4, -0.2) is 24.3 Å². The third-order valence-corrected chi connectivity index (χ3v) is 2.68. The maximum atomic E-state index is 12.9. The van der Waals surface area contributed by atoms with E-state index in [4.69, 9.17) is 11.6 Å². The number of aliphatic hydroxyl groups excluding tert-OH is 1. The molecule has 0 aliphatic rings. The Morgan fingerprint density at radius 1 is 1.35 bits per heavy atom. The summed E-state index contributed by atoms with van der Waals surface area (Å²) in [6.45, 7) is 5.63. The molecule has 1 aromatic rings. The van der Waals surface area contributed by atoms with E-state index in [0.29, 0.717) is 18.9 Å². The van der Waals surface area contributed by atoms with Crippen molar-refractivity contribution in [2.45, 2.75) is 26.4 Å². The summed E-state index contributed by atoms with van der Waals surface area (Å²) in [5.41, 5.74) is 0.843. The Bertz CT molecular complexity index is 357. The molecule has 0 amide bonds. The fourth-order valence-electron chi connectivity index (χ4n) is 1.55. The summed E-state index contributed by atoms with van der Waals surface area (Å²) in [7, 11) is 0. The molecular weight excluding hydrogens is 241 g/mol.